The van der Waals surface area contributed by atoms with Gasteiger partial charge in [-0.05, 0) is 55.3 Å². The second kappa shape index (κ2) is 9.89. The first-order chi connectivity index (χ1) is 16.8. The van der Waals surface area contributed by atoms with Crippen molar-refractivity contribution in [2.45, 2.75) is 20.0 Å². The second-order valence-corrected chi connectivity index (χ2v) is 8.31. The molecule has 0 bridgehead atoms. The van der Waals surface area contributed by atoms with E-state index in [0.29, 0.717) is 39.7 Å². The Morgan fingerprint density at radius 2 is 1.63 bits per heavy atom. The van der Waals surface area contributed by atoms with E-state index in [9.17, 15) is 9.59 Å². The predicted molar refractivity (Wildman–Crippen MR) is 137 cm³/mol. The molecule has 8 nitrogen and oxygen atoms in total. The summed E-state index contributed by atoms with van der Waals surface area (Å²) in [7, 11) is 4.81. The molecule has 0 saturated carbocycles. The van der Waals surface area contributed by atoms with Crippen molar-refractivity contribution >= 4 is 29.0 Å². The number of anilines is 2. The van der Waals surface area contributed by atoms with Gasteiger partial charge in [0.15, 0.2) is 0 Å². The van der Waals surface area contributed by atoms with Crippen molar-refractivity contribution in [3.63, 3.8) is 0 Å². The summed E-state index contributed by atoms with van der Waals surface area (Å²) in [6.07, 6.45) is -1.18. The molecule has 0 radical (unpaired) electrons. The van der Waals surface area contributed by atoms with Gasteiger partial charge in [-0.3, -0.25) is 4.79 Å². The highest BCUT2D eigenvalue weighted by Crippen LogP contribution is 2.36. The standard InChI is InChI=1S/C27H28N4O4/c1-16-9-8-10-18(13-16)28-27(33)30-25-26(32)31(3)20-12-7-6-11-19(20)24(29-25)23-21(34-4)14-17(2)15-22(23)35-5/h6-15,25H,1-5H3,(H2,28,30,33). The van der Waals surface area contributed by atoms with E-state index in [1.807, 2.05) is 68.4 Å². The number of fused-ring (bicyclic) bond motifs is 1. The van der Waals surface area contributed by atoms with Gasteiger partial charge in [0.25, 0.3) is 5.91 Å². The number of nitrogens with one attached hydrogen (secondary N) is 2. The zero-order chi connectivity index (χ0) is 25.1. The largest absolute Gasteiger partial charge is 0.496 e. The van der Waals surface area contributed by atoms with E-state index in [4.69, 9.17) is 14.5 Å². The summed E-state index contributed by atoms with van der Waals surface area (Å²) in [5.74, 6) is 0.725. The van der Waals surface area contributed by atoms with Gasteiger partial charge in [-0.2, -0.15) is 0 Å². The molecule has 0 fully saturated rings. The first kappa shape index (κ1) is 23.8. The van der Waals surface area contributed by atoms with Gasteiger partial charge in [-0.15, -0.1) is 0 Å². The van der Waals surface area contributed by atoms with Crippen LogP contribution in [0.4, 0.5) is 16.2 Å². The average Bonchev–Trinajstić information content (AvgIpc) is 2.94. The van der Waals surface area contributed by atoms with Crippen molar-refractivity contribution in [3.05, 3.63) is 82.9 Å². The van der Waals surface area contributed by atoms with E-state index in [2.05, 4.69) is 10.6 Å². The molecule has 35 heavy (non-hydrogen) atoms. The van der Waals surface area contributed by atoms with E-state index in [1.54, 1.807) is 27.3 Å². The number of para-hydroxylation sites is 1. The summed E-state index contributed by atoms with van der Waals surface area (Å²) >= 11 is 0. The van der Waals surface area contributed by atoms with E-state index in [0.717, 1.165) is 11.1 Å². The van der Waals surface area contributed by atoms with Crippen LogP contribution < -0.4 is 25.0 Å². The van der Waals surface area contributed by atoms with Crippen LogP contribution in [0.15, 0.2) is 65.7 Å². The lowest BCUT2D eigenvalue weighted by atomic mass is 9.97. The maximum absolute atomic E-state index is 13.4. The van der Waals surface area contributed by atoms with Crippen LogP contribution in [0.1, 0.15) is 22.3 Å². The monoisotopic (exact) mass is 472 g/mol. The smallest absolute Gasteiger partial charge is 0.321 e. The average molecular weight is 473 g/mol. The molecule has 0 spiro atoms. The van der Waals surface area contributed by atoms with Crippen molar-refractivity contribution in [2.75, 3.05) is 31.5 Å². The highest BCUT2D eigenvalue weighted by atomic mass is 16.5. The van der Waals surface area contributed by atoms with Gasteiger partial charge in [-0.1, -0.05) is 30.3 Å². The molecule has 1 heterocycles. The number of amides is 3. The maximum Gasteiger partial charge on any atom is 0.321 e. The number of benzene rings is 3. The summed E-state index contributed by atoms with van der Waals surface area (Å²) in [6.45, 7) is 3.87. The summed E-state index contributed by atoms with van der Waals surface area (Å²) in [6, 6.07) is 18.1. The Labute approximate surface area is 204 Å². The number of benzodiazepines with no additional fused rings is 1. The molecule has 2 N–H and O–H groups in total. The van der Waals surface area contributed by atoms with E-state index >= 15 is 0 Å². The van der Waals surface area contributed by atoms with Crippen molar-refractivity contribution in [1.29, 1.82) is 0 Å². The van der Waals surface area contributed by atoms with Crippen LogP contribution in [0.3, 0.4) is 0 Å². The molecule has 8 heteroatoms. The molecule has 4 rings (SSSR count). The van der Waals surface area contributed by atoms with Gasteiger partial charge < -0.3 is 25.0 Å². The fourth-order valence-electron chi connectivity index (χ4n) is 4.11. The first-order valence-electron chi connectivity index (χ1n) is 11.1. The number of hydrogen-bond acceptors (Lipinski definition) is 5. The minimum Gasteiger partial charge on any atom is -0.496 e. The van der Waals surface area contributed by atoms with Gasteiger partial charge in [0.05, 0.1) is 31.2 Å². The number of carbonyl (C=O) groups is 2. The van der Waals surface area contributed by atoms with E-state index in [1.165, 1.54) is 4.90 Å². The molecule has 1 aliphatic heterocycles. The number of ether oxygens (including phenoxy) is 2. The minimum absolute atomic E-state index is 0.378. The third-order valence-electron chi connectivity index (χ3n) is 5.77. The van der Waals surface area contributed by atoms with Crippen LogP contribution in [0, 0.1) is 13.8 Å². The Hall–Kier alpha value is -4.33. The third-order valence-corrected chi connectivity index (χ3v) is 5.77. The summed E-state index contributed by atoms with van der Waals surface area (Å²) in [4.78, 5) is 32.5. The normalized spacial score (nSPS) is 15.0. The van der Waals surface area contributed by atoms with Crippen LogP contribution in [0.2, 0.25) is 0 Å². The first-order valence-corrected chi connectivity index (χ1v) is 11.1. The summed E-state index contributed by atoms with van der Waals surface area (Å²) < 4.78 is 11.4. The number of nitrogens with zero attached hydrogens (tertiary/aromatic N) is 2. The molecular weight excluding hydrogens is 444 g/mol. The molecule has 0 aliphatic carbocycles. The van der Waals surface area contributed by atoms with Gasteiger partial charge in [0.2, 0.25) is 6.17 Å². The van der Waals surface area contributed by atoms with Crippen molar-refractivity contribution in [2.24, 2.45) is 4.99 Å². The Morgan fingerprint density at radius 1 is 0.943 bits per heavy atom. The topological polar surface area (TPSA) is 92.3 Å². The molecule has 1 atom stereocenters. The van der Waals surface area contributed by atoms with Crippen LogP contribution in [0.5, 0.6) is 11.5 Å². The van der Waals surface area contributed by atoms with Crippen molar-refractivity contribution < 1.29 is 19.1 Å². The number of hydrogen-bond donors (Lipinski definition) is 2. The predicted octanol–water partition coefficient (Wildman–Crippen LogP) is 4.28. The van der Waals surface area contributed by atoms with E-state index in [-0.39, 0.29) is 5.91 Å². The minimum atomic E-state index is -1.18. The highest BCUT2D eigenvalue weighted by Gasteiger charge is 2.33. The number of likely N-dealkylation sites (N-methyl/N-ethyl adjacent to an activating group) is 1. The van der Waals surface area contributed by atoms with Gasteiger partial charge in [0.1, 0.15) is 11.5 Å². The number of methoxy groups -OCH3 is 2. The van der Waals surface area contributed by atoms with Gasteiger partial charge in [0, 0.05) is 18.3 Å². The molecule has 3 amide bonds. The second-order valence-electron chi connectivity index (χ2n) is 8.31. The molecule has 3 aromatic rings. The molecular formula is C27H28N4O4. The number of rotatable bonds is 5. The van der Waals surface area contributed by atoms with Crippen molar-refractivity contribution in [3.8, 4) is 11.5 Å². The highest BCUT2D eigenvalue weighted by molar-refractivity contribution is 6.22. The van der Waals surface area contributed by atoms with Crippen LogP contribution in [0.25, 0.3) is 0 Å². The third kappa shape index (κ3) is 4.82. The quantitative estimate of drug-likeness (QED) is 0.580. The molecule has 1 unspecified atom stereocenters. The molecule has 0 saturated heterocycles. The van der Waals surface area contributed by atoms with Crippen LogP contribution in [-0.2, 0) is 4.79 Å². The van der Waals surface area contributed by atoms with E-state index < -0.39 is 12.2 Å². The zero-order valence-corrected chi connectivity index (χ0v) is 20.4. The molecule has 1 aliphatic rings. The molecule has 180 valence electrons. The number of carbonyl (C=O) groups excluding carboxylic acids is 2. The fourth-order valence-corrected chi connectivity index (χ4v) is 4.11. The number of aryl methyl sites for hydroxylation is 2. The molecule has 3 aromatic carbocycles. The summed E-state index contributed by atoms with van der Waals surface area (Å²) in [5, 5.41) is 5.49. The lowest BCUT2D eigenvalue weighted by Crippen LogP contribution is -2.47. The fraction of sp³-hybridized carbons (Fsp3) is 0.222. The van der Waals surface area contributed by atoms with Crippen molar-refractivity contribution in [1.82, 2.24) is 5.32 Å². The Bertz CT molecular complexity index is 1290. The Morgan fingerprint density at radius 3 is 2.29 bits per heavy atom. The Kier molecular flexibility index (Phi) is 6.73. The Balaban J connectivity index is 1.82. The van der Waals surface area contributed by atoms with Crippen LogP contribution in [-0.4, -0.2) is 45.1 Å². The molecule has 0 aromatic heterocycles. The number of urea groups is 1. The van der Waals surface area contributed by atoms with Gasteiger partial charge >= 0.3 is 6.03 Å². The van der Waals surface area contributed by atoms with Gasteiger partial charge in [-0.25, -0.2) is 9.79 Å². The SMILES string of the molecule is COc1cc(C)cc(OC)c1C1=NC(NC(=O)Nc2cccc(C)c2)C(=O)N(C)c2ccccc21. The maximum atomic E-state index is 13.4. The zero-order valence-electron chi connectivity index (χ0n) is 20.4. The number of aliphatic imine (C=N–C) groups is 1. The summed E-state index contributed by atoms with van der Waals surface area (Å²) in [5.41, 5.74) is 5.02. The lowest BCUT2D eigenvalue weighted by molar-refractivity contribution is -0.119. The van der Waals surface area contributed by atoms with Crippen LogP contribution >= 0.6 is 0 Å². The lowest BCUT2D eigenvalue weighted by Gasteiger charge is -2.21.